The molecular weight excluding hydrogens is 307 g/mol. The lowest BCUT2D eigenvalue weighted by Gasteiger charge is -2.31. The van der Waals surface area contributed by atoms with Crippen LogP contribution in [-0.4, -0.2) is 22.7 Å². The summed E-state index contributed by atoms with van der Waals surface area (Å²) in [6, 6.07) is 1.05. The highest BCUT2D eigenvalue weighted by Gasteiger charge is 2.38. The van der Waals surface area contributed by atoms with Gasteiger partial charge in [0.2, 0.25) is 5.78 Å². The zero-order valence-electron chi connectivity index (χ0n) is 10.6. The number of hydrogen-bond acceptors (Lipinski definition) is 4. The Balaban J connectivity index is 2.81. The Morgan fingerprint density at radius 1 is 1.35 bits per heavy atom. The number of hydrogen-bond donors (Lipinski definition) is 0. The van der Waals surface area contributed by atoms with Gasteiger partial charge in [0.15, 0.2) is 0 Å². The summed E-state index contributed by atoms with van der Waals surface area (Å²) in [6.45, 7) is 3.41. The van der Waals surface area contributed by atoms with E-state index < -0.39 is 22.3 Å². The molecule has 0 N–H and O–H groups in total. The second-order valence-corrected chi connectivity index (χ2v) is 5.43. The van der Waals surface area contributed by atoms with Crippen molar-refractivity contribution in [3.63, 3.8) is 0 Å². The van der Waals surface area contributed by atoms with E-state index in [9.17, 15) is 19.7 Å². The van der Waals surface area contributed by atoms with Crippen LogP contribution in [0.5, 0.6) is 0 Å². The number of amides is 1. The number of fused-ring (bicyclic) bond motifs is 1. The van der Waals surface area contributed by atoms with Crippen LogP contribution in [-0.2, 0) is 16.0 Å². The van der Waals surface area contributed by atoms with E-state index >= 15 is 0 Å². The fraction of sp³-hybridized carbons (Fsp3) is 0.333. The van der Waals surface area contributed by atoms with Crippen LogP contribution in [0, 0.1) is 10.1 Å². The normalized spacial score (nSPS) is 14.8. The molecule has 1 aliphatic rings. The van der Waals surface area contributed by atoms with E-state index in [4.69, 9.17) is 23.2 Å². The average Bonchev–Trinajstić information content (AvgIpc) is 2.32. The first kappa shape index (κ1) is 14.7. The molecule has 2 rings (SSSR count). The SMILES string of the molecule is CC(C)N1C(=O)C(=O)Cc2c1cc(Cl)c(Cl)c2[N+](=O)[O-]. The second-order valence-electron chi connectivity index (χ2n) is 4.64. The molecule has 0 aliphatic carbocycles. The van der Waals surface area contributed by atoms with Gasteiger partial charge in [-0.3, -0.25) is 19.7 Å². The summed E-state index contributed by atoms with van der Waals surface area (Å²) >= 11 is 11.7. The predicted molar refractivity (Wildman–Crippen MR) is 74.4 cm³/mol. The average molecular weight is 317 g/mol. The van der Waals surface area contributed by atoms with Crippen LogP contribution in [0.2, 0.25) is 10.0 Å². The molecule has 0 aromatic heterocycles. The summed E-state index contributed by atoms with van der Waals surface area (Å²) in [7, 11) is 0. The molecule has 0 spiro atoms. The number of nitrogens with zero attached hydrogens (tertiary/aromatic N) is 2. The molecule has 0 radical (unpaired) electrons. The minimum absolute atomic E-state index is 0.0232. The second kappa shape index (κ2) is 5.03. The molecule has 1 heterocycles. The van der Waals surface area contributed by atoms with Crippen molar-refractivity contribution >= 4 is 46.3 Å². The summed E-state index contributed by atoms with van der Waals surface area (Å²) < 4.78 is 0. The molecule has 1 amide bonds. The Kier molecular flexibility index (Phi) is 3.71. The maximum atomic E-state index is 11.9. The van der Waals surface area contributed by atoms with Crippen LogP contribution < -0.4 is 4.90 Å². The molecule has 1 aliphatic heterocycles. The van der Waals surface area contributed by atoms with Crippen LogP contribution in [0.25, 0.3) is 0 Å². The van der Waals surface area contributed by atoms with E-state index in [2.05, 4.69) is 0 Å². The van der Waals surface area contributed by atoms with Gasteiger partial charge >= 0.3 is 0 Å². The van der Waals surface area contributed by atoms with Gasteiger partial charge in [-0.25, -0.2) is 0 Å². The maximum absolute atomic E-state index is 11.9. The molecule has 6 nitrogen and oxygen atoms in total. The molecule has 8 heteroatoms. The van der Waals surface area contributed by atoms with E-state index in [-0.39, 0.29) is 33.8 Å². The predicted octanol–water partition coefficient (Wildman–Crippen LogP) is 2.77. The van der Waals surface area contributed by atoms with Gasteiger partial charge in [0, 0.05) is 6.04 Å². The highest BCUT2D eigenvalue weighted by atomic mass is 35.5. The number of carbonyl (C=O) groups excluding carboxylic acids is 2. The first-order valence-corrected chi connectivity index (χ1v) is 6.53. The maximum Gasteiger partial charge on any atom is 0.295 e. The van der Waals surface area contributed by atoms with Crippen molar-refractivity contribution in [2.75, 3.05) is 4.90 Å². The van der Waals surface area contributed by atoms with E-state index in [1.165, 1.54) is 11.0 Å². The number of anilines is 1. The molecular formula is C12H10Cl2N2O4. The number of nitro benzene ring substituents is 1. The van der Waals surface area contributed by atoms with Gasteiger partial charge in [-0.2, -0.15) is 0 Å². The Hall–Kier alpha value is -1.66. The lowest BCUT2D eigenvalue weighted by atomic mass is 9.97. The van der Waals surface area contributed by atoms with Crippen molar-refractivity contribution in [2.45, 2.75) is 26.3 Å². The Morgan fingerprint density at radius 3 is 2.45 bits per heavy atom. The minimum Gasteiger partial charge on any atom is -0.303 e. The molecule has 0 unspecified atom stereocenters. The first-order valence-electron chi connectivity index (χ1n) is 5.77. The molecule has 0 atom stereocenters. The zero-order chi connectivity index (χ0) is 15.2. The Labute approximate surface area is 124 Å². The number of carbonyl (C=O) groups is 2. The number of benzene rings is 1. The number of rotatable bonds is 2. The third kappa shape index (κ3) is 2.14. The van der Waals surface area contributed by atoms with Crippen LogP contribution in [0.1, 0.15) is 19.4 Å². The molecule has 0 saturated carbocycles. The van der Waals surface area contributed by atoms with Crippen LogP contribution in [0.4, 0.5) is 11.4 Å². The quantitative estimate of drug-likeness (QED) is 0.477. The molecule has 20 heavy (non-hydrogen) atoms. The molecule has 0 saturated heterocycles. The van der Waals surface area contributed by atoms with Crippen LogP contribution in [0.3, 0.4) is 0 Å². The van der Waals surface area contributed by atoms with E-state index in [1.54, 1.807) is 13.8 Å². The van der Waals surface area contributed by atoms with Crippen molar-refractivity contribution in [1.29, 1.82) is 0 Å². The van der Waals surface area contributed by atoms with Gasteiger partial charge < -0.3 is 4.90 Å². The van der Waals surface area contributed by atoms with Gasteiger partial charge in [-0.05, 0) is 19.9 Å². The summed E-state index contributed by atoms with van der Waals surface area (Å²) in [5, 5.41) is 10.9. The van der Waals surface area contributed by atoms with Gasteiger partial charge in [0.25, 0.3) is 11.6 Å². The fourth-order valence-electron chi connectivity index (χ4n) is 2.21. The standard InChI is InChI=1S/C12H10Cl2N2O4/c1-5(2)15-8-4-7(13)10(14)11(16(19)20)6(8)3-9(17)12(15)18/h4-5H,3H2,1-2H3. The summed E-state index contributed by atoms with van der Waals surface area (Å²) in [5.74, 6) is -1.40. The Morgan fingerprint density at radius 2 is 1.95 bits per heavy atom. The largest absolute Gasteiger partial charge is 0.303 e. The van der Waals surface area contributed by atoms with Crippen molar-refractivity contribution < 1.29 is 14.5 Å². The van der Waals surface area contributed by atoms with Crippen molar-refractivity contribution in [2.24, 2.45) is 0 Å². The molecule has 1 aromatic rings. The van der Waals surface area contributed by atoms with Crippen LogP contribution in [0.15, 0.2) is 6.07 Å². The fourth-order valence-corrected chi connectivity index (χ4v) is 2.64. The Bertz CT molecular complexity index is 643. The molecule has 0 bridgehead atoms. The van der Waals surface area contributed by atoms with Gasteiger partial charge in [-0.1, -0.05) is 23.2 Å². The third-order valence-electron chi connectivity index (χ3n) is 3.03. The summed E-state index contributed by atoms with van der Waals surface area (Å²) in [6.07, 6.45) is -0.343. The van der Waals surface area contributed by atoms with Crippen molar-refractivity contribution in [3.8, 4) is 0 Å². The topological polar surface area (TPSA) is 80.5 Å². The van der Waals surface area contributed by atoms with Crippen molar-refractivity contribution in [3.05, 3.63) is 31.8 Å². The monoisotopic (exact) mass is 316 g/mol. The molecule has 0 fully saturated rings. The van der Waals surface area contributed by atoms with E-state index in [0.717, 1.165) is 0 Å². The summed E-state index contributed by atoms with van der Waals surface area (Å²) in [5.41, 5.74) is -0.0194. The van der Waals surface area contributed by atoms with Crippen molar-refractivity contribution in [1.82, 2.24) is 0 Å². The lowest BCUT2D eigenvalue weighted by Crippen LogP contribution is -2.46. The number of ketones is 1. The molecule has 106 valence electrons. The smallest absolute Gasteiger partial charge is 0.295 e. The van der Waals surface area contributed by atoms with Gasteiger partial charge in [0.05, 0.1) is 27.6 Å². The third-order valence-corrected chi connectivity index (χ3v) is 3.81. The van der Waals surface area contributed by atoms with Gasteiger partial charge in [0.1, 0.15) is 5.02 Å². The van der Waals surface area contributed by atoms with Crippen LogP contribution >= 0.6 is 23.2 Å². The van der Waals surface area contributed by atoms with E-state index in [0.29, 0.717) is 0 Å². The molecule has 1 aromatic carbocycles. The number of halogens is 2. The summed E-state index contributed by atoms with van der Waals surface area (Å²) in [4.78, 5) is 35.4. The van der Waals surface area contributed by atoms with E-state index in [1.807, 2.05) is 0 Å². The zero-order valence-corrected chi connectivity index (χ0v) is 12.2. The first-order chi connectivity index (χ1) is 9.25. The number of Topliss-reactive ketones (excluding diaryl/α,β-unsaturated/α-hetero) is 1. The number of nitro groups is 1. The highest BCUT2D eigenvalue weighted by Crippen LogP contribution is 2.43. The lowest BCUT2D eigenvalue weighted by molar-refractivity contribution is -0.385. The van der Waals surface area contributed by atoms with Gasteiger partial charge in [-0.15, -0.1) is 0 Å². The minimum atomic E-state index is -0.701. The highest BCUT2D eigenvalue weighted by molar-refractivity contribution is 6.46.